The fourth-order valence-corrected chi connectivity index (χ4v) is 2.74. The predicted octanol–water partition coefficient (Wildman–Crippen LogP) is 0.676. The second-order valence-corrected chi connectivity index (χ2v) is 5.44. The van der Waals surface area contributed by atoms with Gasteiger partial charge in [0.1, 0.15) is 5.82 Å². The highest BCUT2D eigenvalue weighted by Crippen LogP contribution is 2.12. The van der Waals surface area contributed by atoms with Gasteiger partial charge in [-0.25, -0.2) is 9.97 Å². The van der Waals surface area contributed by atoms with E-state index in [1.807, 2.05) is 37.9 Å². The number of rotatable bonds is 4. The maximum atomic E-state index is 4.42. The summed E-state index contributed by atoms with van der Waals surface area (Å²) in [6.07, 6.45) is 7.44. The first kappa shape index (κ1) is 15.3. The maximum absolute atomic E-state index is 4.42. The van der Waals surface area contributed by atoms with E-state index in [-0.39, 0.29) is 0 Å². The van der Waals surface area contributed by atoms with Gasteiger partial charge in [0.2, 0.25) is 0 Å². The summed E-state index contributed by atoms with van der Waals surface area (Å²) in [4.78, 5) is 17.5. The molecule has 2 aromatic heterocycles. The molecule has 0 aromatic carbocycles. The molecule has 2 aromatic rings. The third-order valence-electron chi connectivity index (χ3n) is 3.98. The van der Waals surface area contributed by atoms with Crippen LogP contribution in [-0.4, -0.2) is 65.2 Å². The molecule has 0 unspecified atom stereocenters. The second kappa shape index (κ2) is 7.62. The van der Waals surface area contributed by atoms with Crippen molar-refractivity contribution in [2.75, 3.05) is 44.7 Å². The van der Waals surface area contributed by atoms with Crippen LogP contribution in [0.3, 0.4) is 0 Å². The Hall–Kier alpha value is -2.57. The molecule has 7 heteroatoms. The van der Waals surface area contributed by atoms with Crippen LogP contribution in [0.25, 0.3) is 0 Å². The summed E-state index contributed by atoms with van der Waals surface area (Å²) in [7, 11) is 1.84. The van der Waals surface area contributed by atoms with Crippen molar-refractivity contribution in [2.45, 2.75) is 6.54 Å². The van der Waals surface area contributed by atoms with Gasteiger partial charge in [-0.05, 0) is 12.1 Å². The summed E-state index contributed by atoms with van der Waals surface area (Å²) in [5.41, 5.74) is 0. The van der Waals surface area contributed by atoms with Gasteiger partial charge in [0.25, 0.3) is 0 Å². The molecule has 3 rings (SSSR count). The molecule has 0 atom stereocenters. The number of nitrogens with one attached hydrogen (secondary N) is 1. The van der Waals surface area contributed by atoms with Crippen LogP contribution in [0.1, 0.15) is 0 Å². The highest BCUT2D eigenvalue weighted by Gasteiger charge is 2.20. The van der Waals surface area contributed by atoms with Gasteiger partial charge in [-0.1, -0.05) is 6.07 Å². The van der Waals surface area contributed by atoms with Crippen molar-refractivity contribution in [2.24, 2.45) is 4.99 Å². The number of aliphatic imine (C=N–C) groups is 1. The standard InChI is InChI=1S/C16H23N7/c1-17-16(20-7-9-21-8-6-18-14-21)23-12-10-22(11-13-23)15-4-2-3-5-19-15/h2-6,8,14H,7,9-13H2,1H3,(H,17,20). The Morgan fingerprint density at radius 2 is 2.09 bits per heavy atom. The Morgan fingerprint density at radius 3 is 2.74 bits per heavy atom. The lowest BCUT2D eigenvalue weighted by molar-refractivity contribution is 0.370. The number of anilines is 1. The number of guanidine groups is 1. The summed E-state index contributed by atoms with van der Waals surface area (Å²) in [6, 6.07) is 6.05. The molecule has 0 aliphatic carbocycles. The minimum Gasteiger partial charge on any atom is -0.354 e. The normalized spacial score (nSPS) is 15.8. The number of hydrogen-bond donors (Lipinski definition) is 1. The van der Waals surface area contributed by atoms with Crippen LogP contribution in [-0.2, 0) is 6.54 Å². The summed E-state index contributed by atoms with van der Waals surface area (Å²) in [5.74, 6) is 2.01. The molecule has 1 N–H and O–H groups in total. The molecule has 0 saturated carbocycles. The first-order chi connectivity index (χ1) is 11.4. The molecule has 23 heavy (non-hydrogen) atoms. The van der Waals surface area contributed by atoms with Crippen molar-refractivity contribution in [1.82, 2.24) is 24.8 Å². The van der Waals surface area contributed by atoms with Crippen molar-refractivity contribution in [3.05, 3.63) is 43.1 Å². The summed E-state index contributed by atoms with van der Waals surface area (Å²) in [6.45, 7) is 5.53. The largest absolute Gasteiger partial charge is 0.354 e. The van der Waals surface area contributed by atoms with E-state index in [1.54, 1.807) is 6.20 Å². The highest BCUT2D eigenvalue weighted by atomic mass is 15.4. The van der Waals surface area contributed by atoms with Gasteiger partial charge >= 0.3 is 0 Å². The Bertz CT molecular complexity index is 601. The van der Waals surface area contributed by atoms with Crippen molar-refractivity contribution in [3.63, 3.8) is 0 Å². The topological polar surface area (TPSA) is 61.6 Å². The highest BCUT2D eigenvalue weighted by molar-refractivity contribution is 5.80. The lowest BCUT2D eigenvalue weighted by Crippen LogP contribution is -2.53. The van der Waals surface area contributed by atoms with Crippen LogP contribution in [0.2, 0.25) is 0 Å². The molecule has 0 bridgehead atoms. The van der Waals surface area contributed by atoms with E-state index >= 15 is 0 Å². The fraction of sp³-hybridized carbons (Fsp3) is 0.438. The molecular formula is C16H23N7. The Balaban J connectivity index is 1.47. The Labute approximate surface area is 136 Å². The zero-order valence-electron chi connectivity index (χ0n) is 13.5. The number of aromatic nitrogens is 3. The average molecular weight is 313 g/mol. The molecule has 122 valence electrons. The van der Waals surface area contributed by atoms with Gasteiger partial charge in [-0.3, -0.25) is 4.99 Å². The summed E-state index contributed by atoms with van der Waals surface area (Å²) < 4.78 is 2.05. The molecule has 1 aliphatic heterocycles. The lowest BCUT2D eigenvalue weighted by atomic mass is 10.3. The number of pyridine rings is 1. The third kappa shape index (κ3) is 4.00. The van der Waals surface area contributed by atoms with Crippen LogP contribution in [0, 0.1) is 0 Å². The zero-order valence-corrected chi connectivity index (χ0v) is 13.5. The molecule has 7 nitrogen and oxygen atoms in total. The minimum absolute atomic E-state index is 0.837. The summed E-state index contributed by atoms with van der Waals surface area (Å²) >= 11 is 0. The van der Waals surface area contributed by atoms with Crippen molar-refractivity contribution in [3.8, 4) is 0 Å². The van der Waals surface area contributed by atoms with Crippen molar-refractivity contribution in [1.29, 1.82) is 0 Å². The average Bonchev–Trinajstić information content (AvgIpc) is 3.13. The number of imidazole rings is 1. The van der Waals surface area contributed by atoms with E-state index in [0.717, 1.165) is 51.0 Å². The van der Waals surface area contributed by atoms with Gasteiger partial charge in [0.05, 0.1) is 6.33 Å². The third-order valence-corrected chi connectivity index (χ3v) is 3.98. The Morgan fingerprint density at radius 1 is 1.22 bits per heavy atom. The molecule has 0 spiro atoms. The molecule has 1 fully saturated rings. The second-order valence-electron chi connectivity index (χ2n) is 5.44. The van der Waals surface area contributed by atoms with E-state index in [1.165, 1.54) is 0 Å². The molecular weight excluding hydrogens is 290 g/mol. The van der Waals surface area contributed by atoms with Crippen LogP contribution in [0.5, 0.6) is 0 Å². The Kier molecular flexibility index (Phi) is 5.08. The van der Waals surface area contributed by atoms with Crippen LogP contribution in [0.15, 0.2) is 48.1 Å². The van der Waals surface area contributed by atoms with E-state index in [2.05, 4.69) is 40.7 Å². The van der Waals surface area contributed by atoms with E-state index < -0.39 is 0 Å². The van der Waals surface area contributed by atoms with Gasteiger partial charge in [0, 0.05) is 64.9 Å². The minimum atomic E-state index is 0.837. The number of piperazine rings is 1. The van der Waals surface area contributed by atoms with Crippen LogP contribution < -0.4 is 10.2 Å². The van der Waals surface area contributed by atoms with Crippen LogP contribution in [0.4, 0.5) is 5.82 Å². The van der Waals surface area contributed by atoms with E-state index in [4.69, 9.17) is 0 Å². The van der Waals surface area contributed by atoms with Crippen LogP contribution >= 0.6 is 0 Å². The zero-order chi connectivity index (χ0) is 15.9. The summed E-state index contributed by atoms with van der Waals surface area (Å²) in [5, 5.41) is 3.43. The SMILES string of the molecule is CN=C(NCCn1ccnc1)N1CCN(c2ccccn2)CC1. The van der Waals surface area contributed by atoms with Gasteiger partial charge in [-0.2, -0.15) is 0 Å². The fourth-order valence-electron chi connectivity index (χ4n) is 2.74. The van der Waals surface area contributed by atoms with Gasteiger partial charge < -0.3 is 19.7 Å². The van der Waals surface area contributed by atoms with Crippen molar-refractivity contribution >= 4 is 11.8 Å². The smallest absolute Gasteiger partial charge is 0.193 e. The quantitative estimate of drug-likeness (QED) is 0.664. The van der Waals surface area contributed by atoms with E-state index in [0.29, 0.717) is 0 Å². The molecule has 0 amide bonds. The number of nitrogens with zero attached hydrogens (tertiary/aromatic N) is 6. The first-order valence-electron chi connectivity index (χ1n) is 7.94. The van der Waals surface area contributed by atoms with Gasteiger partial charge in [-0.15, -0.1) is 0 Å². The predicted molar refractivity (Wildman–Crippen MR) is 91.6 cm³/mol. The molecule has 3 heterocycles. The first-order valence-corrected chi connectivity index (χ1v) is 7.94. The molecule has 1 aliphatic rings. The molecule has 0 radical (unpaired) electrons. The molecule has 1 saturated heterocycles. The monoisotopic (exact) mass is 313 g/mol. The van der Waals surface area contributed by atoms with Gasteiger partial charge in [0.15, 0.2) is 5.96 Å². The number of hydrogen-bond acceptors (Lipinski definition) is 4. The van der Waals surface area contributed by atoms with Crippen molar-refractivity contribution < 1.29 is 0 Å². The maximum Gasteiger partial charge on any atom is 0.193 e. The lowest BCUT2D eigenvalue weighted by Gasteiger charge is -2.37. The van der Waals surface area contributed by atoms with E-state index in [9.17, 15) is 0 Å².